The van der Waals surface area contributed by atoms with Crippen molar-refractivity contribution in [2.45, 2.75) is 0 Å². The molecule has 0 saturated heterocycles. The highest BCUT2D eigenvalue weighted by molar-refractivity contribution is 14.1. The highest BCUT2D eigenvalue weighted by atomic mass is 127. The molecule has 1 rings (SSSR count). The average Bonchev–Trinajstić information content (AvgIpc) is 1.64. The third kappa shape index (κ3) is 1.70. The van der Waals surface area contributed by atoms with Crippen LogP contribution in [0.3, 0.4) is 0 Å². The van der Waals surface area contributed by atoms with E-state index in [1.54, 1.807) is 0 Å². The molecule has 3 heteroatoms. The van der Waals surface area contributed by atoms with Crippen LogP contribution in [0.25, 0.3) is 0 Å². The molecule has 0 amide bonds. The molecule has 1 N–H and O–H groups in total. The molecule has 0 fully saturated rings. The molecule has 0 aliphatic rings. The zero-order valence-corrected chi connectivity index (χ0v) is 7.73. The zero-order valence-electron chi connectivity index (χ0n) is 3.99. The summed E-state index contributed by atoms with van der Waals surface area (Å²) < 4.78 is 2.25. The number of rotatable bonds is 0. The molecule has 0 unspecified atom stereocenters. The Bertz CT molecular complexity index is 172. The van der Waals surface area contributed by atoms with E-state index < -0.39 is 0 Å². The number of nitrogens with one attached hydrogen (secondary N) is 1. The summed E-state index contributed by atoms with van der Waals surface area (Å²) in [6, 6.07) is 4.02. The second kappa shape index (κ2) is 2.77. The Morgan fingerprint density at radius 3 is 2.75 bits per heavy atom. The number of pyridine rings is 1. The van der Waals surface area contributed by atoms with Crippen molar-refractivity contribution < 1.29 is 4.98 Å². The number of aromatic nitrogens is 1. The second-order valence-electron chi connectivity index (χ2n) is 1.35. The maximum absolute atomic E-state index is 3.30. The Morgan fingerprint density at radius 2 is 2.38 bits per heavy atom. The van der Waals surface area contributed by atoms with Crippen molar-refractivity contribution in [3.63, 3.8) is 0 Å². The van der Waals surface area contributed by atoms with Crippen LogP contribution in [0.15, 0.2) is 22.9 Å². The van der Waals surface area contributed by atoms with Crippen LogP contribution in [0.2, 0.25) is 0 Å². The first kappa shape index (κ1) is 6.48. The van der Waals surface area contributed by atoms with E-state index >= 15 is 0 Å². The first-order valence-corrected chi connectivity index (χ1v) is 3.99. The van der Waals surface area contributed by atoms with Crippen molar-refractivity contribution >= 4 is 38.5 Å². The molecule has 1 aromatic heterocycles. The molecule has 0 aliphatic carbocycles. The van der Waals surface area contributed by atoms with Crippen molar-refractivity contribution in [2.24, 2.45) is 0 Å². The molecule has 0 atom stereocenters. The van der Waals surface area contributed by atoms with E-state index in [0.717, 1.165) is 4.60 Å². The van der Waals surface area contributed by atoms with Crippen LogP contribution in [0, 0.1) is 3.57 Å². The van der Waals surface area contributed by atoms with Crippen LogP contribution in [-0.2, 0) is 0 Å². The van der Waals surface area contributed by atoms with Gasteiger partial charge in [-0.1, -0.05) is 0 Å². The van der Waals surface area contributed by atoms with E-state index in [9.17, 15) is 0 Å². The van der Waals surface area contributed by atoms with Gasteiger partial charge in [0.05, 0.1) is 0 Å². The Balaban J connectivity index is 3.08. The first-order chi connectivity index (χ1) is 3.79. The summed E-state index contributed by atoms with van der Waals surface area (Å²) in [7, 11) is 0. The molecule has 0 bridgehead atoms. The van der Waals surface area contributed by atoms with Gasteiger partial charge in [0, 0.05) is 31.6 Å². The average molecular weight is 285 g/mol. The Kier molecular flexibility index (Phi) is 2.25. The van der Waals surface area contributed by atoms with E-state index in [4.69, 9.17) is 0 Å². The standard InChI is InChI=1S/C5H3BrIN/c6-5-3-4(7)1-2-8-5/h1-3H/p+1. The monoisotopic (exact) mass is 284 g/mol. The number of halogens is 2. The number of aromatic amines is 1. The largest absolute Gasteiger partial charge is 0.247 e. The van der Waals surface area contributed by atoms with Crippen LogP contribution in [0.1, 0.15) is 0 Å². The Labute approximate surface area is 69.8 Å². The summed E-state index contributed by atoms with van der Waals surface area (Å²) in [5.41, 5.74) is 0. The van der Waals surface area contributed by atoms with Gasteiger partial charge in [0.2, 0.25) is 4.60 Å². The molecule has 0 aliphatic heterocycles. The topological polar surface area (TPSA) is 14.1 Å². The van der Waals surface area contributed by atoms with Crippen LogP contribution in [0.4, 0.5) is 0 Å². The minimum Gasteiger partial charge on any atom is -0.206 e. The molecule has 1 heterocycles. The summed E-state index contributed by atoms with van der Waals surface area (Å²) in [6.45, 7) is 0. The lowest BCUT2D eigenvalue weighted by atomic mass is 10.5. The second-order valence-corrected chi connectivity index (χ2v) is 3.45. The predicted octanol–water partition coefficient (Wildman–Crippen LogP) is 1.87. The SMILES string of the molecule is Brc1cc(I)cc[nH+]1. The number of hydrogen-bond acceptors (Lipinski definition) is 0. The number of hydrogen-bond donors (Lipinski definition) is 0. The summed E-state index contributed by atoms with van der Waals surface area (Å²) in [6.07, 6.45) is 1.89. The van der Waals surface area contributed by atoms with Gasteiger partial charge in [0.15, 0.2) is 6.20 Å². The van der Waals surface area contributed by atoms with Crippen LogP contribution >= 0.6 is 38.5 Å². The maximum atomic E-state index is 3.30. The number of H-pyrrole nitrogens is 1. The first-order valence-electron chi connectivity index (χ1n) is 2.12. The fourth-order valence-corrected chi connectivity index (χ4v) is 1.71. The van der Waals surface area contributed by atoms with Crippen molar-refractivity contribution in [1.82, 2.24) is 0 Å². The van der Waals surface area contributed by atoms with E-state index in [0.29, 0.717) is 0 Å². The van der Waals surface area contributed by atoms with Gasteiger partial charge in [0.1, 0.15) is 0 Å². The normalized spacial score (nSPS) is 9.25. The van der Waals surface area contributed by atoms with Crippen LogP contribution < -0.4 is 4.98 Å². The molecule has 8 heavy (non-hydrogen) atoms. The molecular weight excluding hydrogens is 281 g/mol. The van der Waals surface area contributed by atoms with Gasteiger partial charge in [0.25, 0.3) is 0 Å². The van der Waals surface area contributed by atoms with Crippen molar-refractivity contribution in [1.29, 1.82) is 0 Å². The van der Waals surface area contributed by atoms with Crippen molar-refractivity contribution in [3.05, 3.63) is 26.5 Å². The van der Waals surface area contributed by atoms with Crippen LogP contribution in [-0.4, -0.2) is 0 Å². The fourth-order valence-electron chi connectivity index (χ4n) is 0.412. The lowest BCUT2D eigenvalue weighted by Gasteiger charge is -1.80. The van der Waals surface area contributed by atoms with Gasteiger partial charge in [-0.2, -0.15) is 0 Å². The Morgan fingerprint density at radius 1 is 1.62 bits per heavy atom. The van der Waals surface area contributed by atoms with Gasteiger partial charge in [-0.3, -0.25) is 0 Å². The minimum atomic E-state index is 1.02. The van der Waals surface area contributed by atoms with Gasteiger partial charge in [-0.05, 0) is 22.6 Å². The van der Waals surface area contributed by atoms with E-state index in [1.807, 2.05) is 18.3 Å². The molecule has 0 spiro atoms. The molecule has 1 nitrogen and oxygen atoms in total. The highest BCUT2D eigenvalue weighted by Crippen LogP contribution is 2.05. The van der Waals surface area contributed by atoms with Crippen LogP contribution in [0.5, 0.6) is 0 Å². The molecule has 1 aromatic rings. The van der Waals surface area contributed by atoms with Gasteiger partial charge in [-0.15, -0.1) is 0 Å². The maximum Gasteiger partial charge on any atom is 0.247 e. The summed E-state index contributed by atoms with van der Waals surface area (Å²) in [5.74, 6) is 0. The van der Waals surface area contributed by atoms with Gasteiger partial charge in [-0.25, -0.2) is 4.98 Å². The lowest BCUT2D eigenvalue weighted by molar-refractivity contribution is -0.392. The van der Waals surface area contributed by atoms with Crippen molar-refractivity contribution in [2.75, 3.05) is 0 Å². The lowest BCUT2D eigenvalue weighted by Crippen LogP contribution is -2.00. The van der Waals surface area contributed by atoms with E-state index in [-0.39, 0.29) is 0 Å². The summed E-state index contributed by atoms with van der Waals surface area (Å²) >= 11 is 5.56. The Hall–Kier alpha value is 0.360. The summed E-state index contributed by atoms with van der Waals surface area (Å²) in [5, 5.41) is 0. The molecule has 0 radical (unpaired) electrons. The third-order valence-electron chi connectivity index (χ3n) is 0.728. The molecule has 42 valence electrons. The van der Waals surface area contributed by atoms with E-state index in [2.05, 4.69) is 43.5 Å². The quantitative estimate of drug-likeness (QED) is 0.510. The summed E-state index contributed by atoms with van der Waals surface area (Å²) in [4.78, 5) is 2.98. The zero-order chi connectivity index (χ0) is 5.98. The highest BCUT2D eigenvalue weighted by Gasteiger charge is 1.92. The smallest absolute Gasteiger partial charge is 0.206 e. The molecule has 0 saturated carbocycles. The minimum absolute atomic E-state index is 1.02. The fraction of sp³-hybridized carbons (Fsp3) is 0. The van der Waals surface area contributed by atoms with Gasteiger partial charge < -0.3 is 0 Å². The third-order valence-corrected chi connectivity index (χ3v) is 1.86. The van der Waals surface area contributed by atoms with E-state index in [1.165, 1.54) is 3.57 Å². The molecular formula is C5H4BrIN+. The van der Waals surface area contributed by atoms with Crippen molar-refractivity contribution in [3.8, 4) is 0 Å². The predicted molar refractivity (Wildman–Crippen MR) is 43.4 cm³/mol. The van der Waals surface area contributed by atoms with Gasteiger partial charge >= 0.3 is 0 Å². The molecule has 0 aromatic carbocycles.